The number of ether oxygens (including phenoxy) is 1. The fourth-order valence-corrected chi connectivity index (χ4v) is 1.52. The molecule has 0 aliphatic heterocycles. The molecule has 0 fully saturated rings. The molecule has 4 nitrogen and oxygen atoms in total. The Kier molecular flexibility index (Phi) is 4.60. The summed E-state index contributed by atoms with van der Waals surface area (Å²) >= 11 is 0. The van der Waals surface area contributed by atoms with Crippen LogP contribution in [-0.2, 0) is 13.0 Å². The maximum absolute atomic E-state index is 13.4. The minimum atomic E-state index is -0.657. The first-order chi connectivity index (χ1) is 9.69. The molecule has 0 atom stereocenters. The van der Waals surface area contributed by atoms with Crippen LogP contribution in [0.25, 0.3) is 0 Å². The lowest BCUT2D eigenvalue weighted by atomic mass is 10.2. The van der Waals surface area contributed by atoms with Crippen LogP contribution in [0.1, 0.15) is 11.1 Å². The van der Waals surface area contributed by atoms with Gasteiger partial charge in [0.05, 0.1) is 0 Å². The van der Waals surface area contributed by atoms with Gasteiger partial charge in [0.15, 0.2) is 0 Å². The van der Waals surface area contributed by atoms with Crippen LogP contribution in [0.5, 0.6) is 5.88 Å². The first-order valence-electron chi connectivity index (χ1n) is 5.77. The van der Waals surface area contributed by atoms with Crippen LogP contribution in [0.4, 0.5) is 8.78 Å². The van der Waals surface area contributed by atoms with Crippen molar-refractivity contribution in [1.82, 2.24) is 4.98 Å². The van der Waals surface area contributed by atoms with Crippen molar-refractivity contribution in [2.24, 2.45) is 5.16 Å². The van der Waals surface area contributed by atoms with Gasteiger partial charge in [-0.3, -0.25) is 0 Å². The van der Waals surface area contributed by atoms with E-state index >= 15 is 0 Å². The maximum Gasteiger partial charge on any atom is 0.213 e. The summed E-state index contributed by atoms with van der Waals surface area (Å²) in [7, 11) is 0. The van der Waals surface area contributed by atoms with Gasteiger partial charge >= 0.3 is 0 Å². The van der Waals surface area contributed by atoms with E-state index in [1.807, 2.05) is 0 Å². The molecule has 0 bridgehead atoms. The number of pyridine rings is 1. The van der Waals surface area contributed by atoms with Crippen LogP contribution < -0.4 is 4.74 Å². The molecule has 2 rings (SSSR count). The summed E-state index contributed by atoms with van der Waals surface area (Å²) in [5.74, 6) is -0.968. The highest BCUT2D eigenvalue weighted by molar-refractivity contribution is 5.60. The summed E-state index contributed by atoms with van der Waals surface area (Å²) in [5, 5.41) is 11.0. The van der Waals surface area contributed by atoms with Crippen molar-refractivity contribution in [3.63, 3.8) is 0 Å². The van der Waals surface area contributed by atoms with Crippen molar-refractivity contribution >= 4 is 6.21 Å². The van der Waals surface area contributed by atoms with E-state index in [1.54, 1.807) is 12.1 Å². The van der Waals surface area contributed by atoms with Crippen LogP contribution in [-0.4, -0.2) is 16.4 Å². The lowest BCUT2D eigenvalue weighted by Crippen LogP contribution is -2.00. The standard InChI is InChI=1S/C14H11F2N2O2/c15-12-3-2-11(13(16)7-12)9-20-14-4-1-10(8-17-14)5-6-18-19/h1-4,7-8,19H,5,9H2. The lowest BCUT2D eigenvalue weighted by molar-refractivity contribution is 0.287. The molecule has 0 saturated heterocycles. The summed E-state index contributed by atoms with van der Waals surface area (Å²) in [4.78, 5) is 4.01. The third kappa shape index (κ3) is 3.74. The molecule has 1 heterocycles. The van der Waals surface area contributed by atoms with E-state index in [0.29, 0.717) is 12.3 Å². The molecule has 2 aromatic rings. The minimum Gasteiger partial charge on any atom is -0.473 e. The SMILES string of the molecule is O/N=[C]/Cc1ccc(OCc2ccc(F)cc2F)nc1. The van der Waals surface area contributed by atoms with Crippen LogP contribution in [0.2, 0.25) is 0 Å². The van der Waals surface area contributed by atoms with Crippen LogP contribution in [0.15, 0.2) is 41.7 Å². The molecule has 103 valence electrons. The number of halogens is 2. The monoisotopic (exact) mass is 277 g/mol. The molecule has 6 heteroatoms. The highest BCUT2D eigenvalue weighted by atomic mass is 19.1. The van der Waals surface area contributed by atoms with E-state index in [-0.39, 0.29) is 12.2 Å². The smallest absolute Gasteiger partial charge is 0.213 e. The Morgan fingerprint density at radius 1 is 1.25 bits per heavy atom. The van der Waals surface area contributed by atoms with Crippen LogP contribution in [0.3, 0.4) is 0 Å². The quantitative estimate of drug-likeness (QED) is 0.519. The number of rotatable bonds is 5. The van der Waals surface area contributed by atoms with Gasteiger partial charge in [0.2, 0.25) is 5.88 Å². The molecule has 1 radical (unpaired) electrons. The third-order valence-corrected chi connectivity index (χ3v) is 2.54. The average Bonchev–Trinajstić information content (AvgIpc) is 2.45. The number of benzene rings is 1. The van der Waals surface area contributed by atoms with Gasteiger partial charge in [0, 0.05) is 30.3 Å². The van der Waals surface area contributed by atoms with Gasteiger partial charge in [-0.05, 0) is 17.7 Å². The van der Waals surface area contributed by atoms with E-state index in [2.05, 4.69) is 16.4 Å². The number of hydrogen-bond acceptors (Lipinski definition) is 4. The second kappa shape index (κ2) is 6.60. The van der Waals surface area contributed by atoms with E-state index < -0.39 is 11.6 Å². The van der Waals surface area contributed by atoms with Crippen molar-refractivity contribution in [3.8, 4) is 5.88 Å². The molecule has 20 heavy (non-hydrogen) atoms. The molecule has 0 amide bonds. The Labute approximate surface area is 114 Å². The van der Waals surface area contributed by atoms with Gasteiger partial charge in [-0.1, -0.05) is 11.2 Å². The van der Waals surface area contributed by atoms with Crippen molar-refractivity contribution in [3.05, 3.63) is 59.3 Å². The molecule has 0 aliphatic rings. The van der Waals surface area contributed by atoms with E-state index in [9.17, 15) is 8.78 Å². The van der Waals surface area contributed by atoms with Crippen molar-refractivity contribution in [1.29, 1.82) is 0 Å². The lowest BCUT2D eigenvalue weighted by Gasteiger charge is -2.06. The molecule has 0 spiro atoms. The zero-order chi connectivity index (χ0) is 14.4. The first kappa shape index (κ1) is 13.9. The van der Waals surface area contributed by atoms with Crippen LogP contribution in [0, 0.1) is 11.6 Å². The molecule has 1 N–H and O–H groups in total. The first-order valence-corrected chi connectivity index (χ1v) is 5.77. The van der Waals surface area contributed by atoms with Gasteiger partial charge in [-0.25, -0.2) is 13.8 Å². The Morgan fingerprint density at radius 2 is 2.10 bits per heavy atom. The highest BCUT2D eigenvalue weighted by Gasteiger charge is 2.05. The Balaban J connectivity index is 1.96. The second-order valence-corrected chi connectivity index (χ2v) is 3.96. The third-order valence-electron chi connectivity index (χ3n) is 2.54. The molecular weight excluding hydrogens is 266 g/mol. The van der Waals surface area contributed by atoms with Gasteiger partial charge < -0.3 is 9.94 Å². The summed E-state index contributed by atoms with van der Waals surface area (Å²) in [5.41, 5.74) is 1.04. The predicted molar refractivity (Wildman–Crippen MR) is 67.9 cm³/mol. The molecule has 0 unspecified atom stereocenters. The van der Waals surface area contributed by atoms with Gasteiger partial charge in [-0.2, -0.15) is 0 Å². The number of nitrogens with zero attached hydrogens (tertiary/aromatic N) is 2. The molecule has 0 aliphatic carbocycles. The highest BCUT2D eigenvalue weighted by Crippen LogP contribution is 2.14. The van der Waals surface area contributed by atoms with E-state index in [0.717, 1.165) is 11.6 Å². The molecule has 0 saturated carbocycles. The Hall–Kier alpha value is -2.50. The number of aromatic nitrogens is 1. The van der Waals surface area contributed by atoms with Crippen molar-refractivity contribution < 1.29 is 18.7 Å². The summed E-state index contributed by atoms with van der Waals surface area (Å²) in [6.07, 6.45) is 4.24. The topological polar surface area (TPSA) is 54.7 Å². The van der Waals surface area contributed by atoms with Gasteiger partial charge in [-0.15, -0.1) is 0 Å². The zero-order valence-corrected chi connectivity index (χ0v) is 10.4. The predicted octanol–water partition coefficient (Wildman–Crippen LogP) is 2.82. The van der Waals surface area contributed by atoms with Crippen LogP contribution >= 0.6 is 0 Å². The minimum absolute atomic E-state index is 0.0390. The summed E-state index contributed by atoms with van der Waals surface area (Å²) in [6.45, 7) is -0.0390. The normalized spacial score (nSPS) is 10.9. The summed E-state index contributed by atoms with van der Waals surface area (Å²) in [6, 6.07) is 6.63. The molecular formula is C14H11F2N2O2. The van der Waals surface area contributed by atoms with Crippen molar-refractivity contribution in [2.75, 3.05) is 0 Å². The fourth-order valence-electron chi connectivity index (χ4n) is 1.52. The van der Waals surface area contributed by atoms with E-state index in [1.165, 1.54) is 18.3 Å². The molecule has 1 aromatic carbocycles. The Morgan fingerprint density at radius 3 is 2.75 bits per heavy atom. The van der Waals surface area contributed by atoms with Gasteiger partial charge in [0.25, 0.3) is 0 Å². The van der Waals surface area contributed by atoms with Gasteiger partial charge in [0.1, 0.15) is 24.5 Å². The second-order valence-electron chi connectivity index (χ2n) is 3.96. The van der Waals surface area contributed by atoms with E-state index in [4.69, 9.17) is 9.94 Å². The summed E-state index contributed by atoms with van der Waals surface area (Å²) < 4.78 is 31.4. The molecule has 1 aromatic heterocycles. The number of hydrogen-bond donors (Lipinski definition) is 1. The fraction of sp³-hybridized carbons (Fsp3) is 0.143. The van der Waals surface area contributed by atoms with Crippen molar-refractivity contribution in [2.45, 2.75) is 13.0 Å². The Bertz CT molecular complexity index is 601. The maximum atomic E-state index is 13.4. The average molecular weight is 277 g/mol. The zero-order valence-electron chi connectivity index (χ0n) is 10.4. The largest absolute Gasteiger partial charge is 0.473 e.